The van der Waals surface area contributed by atoms with E-state index in [2.05, 4.69) is 47.7 Å². The first kappa shape index (κ1) is 24.7. The first-order valence-corrected chi connectivity index (χ1v) is 16.4. The lowest BCUT2D eigenvalue weighted by atomic mass is 9.62. The molecule has 0 amide bonds. The van der Waals surface area contributed by atoms with E-state index in [1.54, 1.807) is 0 Å². The lowest BCUT2D eigenvalue weighted by Gasteiger charge is -2.60. The molecular formula is C26H46O6Si. The van der Waals surface area contributed by atoms with Crippen LogP contribution in [0.4, 0.5) is 0 Å². The molecule has 0 radical (unpaired) electrons. The van der Waals surface area contributed by atoms with Crippen LogP contribution in [-0.4, -0.2) is 79.3 Å². The minimum atomic E-state index is -1.56. The summed E-state index contributed by atoms with van der Waals surface area (Å²) in [5, 5.41) is 20.4. The van der Waals surface area contributed by atoms with E-state index >= 15 is 0 Å². The molecule has 33 heavy (non-hydrogen) atoms. The van der Waals surface area contributed by atoms with Gasteiger partial charge in [0.05, 0.1) is 63.0 Å². The number of fused-ring (bicyclic) bond motifs is 6. The fourth-order valence-corrected chi connectivity index (χ4v) is 10.8. The molecule has 4 aliphatic heterocycles. The maximum atomic E-state index is 10.5. The van der Waals surface area contributed by atoms with Gasteiger partial charge in [0.1, 0.15) is 6.10 Å². The third kappa shape index (κ3) is 3.89. The van der Waals surface area contributed by atoms with Crippen molar-refractivity contribution in [3.05, 3.63) is 0 Å². The smallest absolute Gasteiger partial charge is 0.107 e. The number of aliphatic hydroxyl groups excluding tert-OH is 2. The van der Waals surface area contributed by atoms with Crippen molar-refractivity contribution in [1.82, 2.24) is 0 Å². The lowest BCUT2D eigenvalue weighted by Crippen LogP contribution is -2.67. The number of hydrogen-bond acceptors (Lipinski definition) is 6. The van der Waals surface area contributed by atoms with Gasteiger partial charge in [0.2, 0.25) is 0 Å². The summed E-state index contributed by atoms with van der Waals surface area (Å²) >= 11 is 0. The fourth-order valence-electron chi connectivity index (χ4n) is 7.60. The highest BCUT2D eigenvalue weighted by molar-refractivity contribution is 6.81. The number of hydrogen-bond donors (Lipinski definition) is 2. The molecule has 12 atom stereocenters. The van der Waals surface area contributed by atoms with Crippen molar-refractivity contribution in [3.8, 4) is 0 Å². The van der Waals surface area contributed by atoms with Crippen molar-refractivity contribution in [2.75, 3.05) is 6.61 Å². The van der Waals surface area contributed by atoms with E-state index in [4.69, 9.17) is 18.9 Å². The van der Waals surface area contributed by atoms with Gasteiger partial charge in [-0.3, -0.25) is 0 Å². The quantitative estimate of drug-likeness (QED) is 0.582. The van der Waals surface area contributed by atoms with Crippen molar-refractivity contribution >= 4 is 8.07 Å². The first-order valence-electron chi connectivity index (χ1n) is 13.3. The van der Waals surface area contributed by atoms with Gasteiger partial charge in [-0.2, -0.15) is 0 Å². The molecule has 5 aliphatic rings. The molecule has 190 valence electrons. The average molecular weight is 483 g/mol. The Balaban J connectivity index is 1.31. The Kier molecular flexibility index (Phi) is 6.17. The zero-order valence-corrected chi connectivity index (χ0v) is 22.6. The van der Waals surface area contributed by atoms with Gasteiger partial charge in [-0.15, -0.1) is 0 Å². The highest BCUT2D eigenvalue weighted by Gasteiger charge is 2.63. The molecule has 0 aromatic heterocycles. The monoisotopic (exact) mass is 482 g/mol. The van der Waals surface area contributed by atoms with E-state index in [1.165, 1.54) is 0 Å². The van der Waals surface area contributed by atoms with E-state index in [0.29, 0.717) is 34.9 Å². The molecule has 0 spiro atoms. The van der Waals surface area contributed by atoms with Gasteiger partial charge in [-0.25, -0.2) is 0 Å². The van der Waals surface area contributed by atoms with Crippen molar-refractivity contribution in [2.45, 2.75) is 145 Å². The summed E-state index contributed by atoms with van der Waals surface area (Å²) < 4.78 is 26.4. The molecule has 3 unspecified atom stereocenters. The summed E-state index contributed by atoms with van der Waals surface area (Å²) in [7, 11) is -1.56. The van der Waals surface area contributed by atoms with E-state index in [-0.39, 0.29) is 37.1 Å². The first-order chi connectivity index (χ1) is 15.4. The highest BCUT2D eigenvalue weighted by atomic mass is 28.3. The second-order valence-electron chi connectivity index (χ2n) is 13.5. The molecule has 1 saturated carbocycles. The van der Waals surface area contributed by atoms with Crippen LogP contribution in [0.5, 0.6) is 0 Å². The van der Waals surface area contributed by atoms with Gasteiger partial charge in [0.25, 0.3) is 0 Å². The van der Waals surface area contributed by atoms with E-state index < -0.39 is 25.9 Å². The summed E-state index contributed by atoms with van der Waals surface area (Å²) in [6.45, 7) is 16.4. The summed E-state index contributed by atoms with van der Waals surface area (Å²) in [6.07, 6.45) is 4.16. The third-order valence-electron chi connectivity index (χ3n) is 10.7. The van der Waals surface area contributed by atoms with Gasteiger partial charge in [0, 0.05) is 6.42 Å². The van der Waals surface area contributed by atoms with E-state index in [9.17, 15) is 10.2 Å². The average Bonchev–Trinajstić information content (AvgIpc) is 2.84. The molecule has 2 N–H and O–H groups in total. The van der Waals surface area contributed by atoms with Crippen LogP contribution in [0.2, 0.25) is 23.7 Å². The topological polar surface area (TPSA) is 77.4 Å². The molecule has 0 aromatic rings. The molecule has 5 rings (SSSR count). The highest BCUT2D eigenvalue weighted by Crippen LogP contribution is 2.57. The fraction of sp³-hybridized carbons (Fsp3) is 1.00. The molecule has 0 bridgehead atoms. The number of ether oxygens (including phenoxy) is 4. The summed E-state index contributed by atoms with van der Waals surface area (Å²) in [4.78, 5) is 0. The Bertz CT molecular complexity index is 739. The standard InChI is InChI=1S/C26H46O6Si/c1-14-21(33(6,7)25(2,3)4)11-19-18(29-14)10-16-15-8-9-22-26(5,32-24(15)23(16)31-19)12-17(28)20(13-27)30-22/h14-24,27-28H,8-13H2,1-7H3/t14-,15?,16+,17-,18+,19-,20+,21+,22?,23-,24?,26+/m1/s1. The molecular weight excluding hydrogens is 436 g/mol. The second-order valence-corrected chi connectivity index (χ2v) is 19.2. The predicted molar refractivity (Wildman–Crippen MR) is 129 cm³/mol. The zero-order chi connectivity index (χ0) is 23.9. The molecule has 5 fully saturated rings. The Morgan fingerprint density at radius 2 is 1.67 bits per heavy atom. The number of aliphatic hydroxyl groups is 2. The predicted octanol–water partition coefficient (Wildman–Crippen LogP) is 3.89. The van der Waals surface area contributed by atoms with Gasteiger partial charge in [0.15, 0.2) is 0 Å². The second kappa shape index (κ2) is 8.25. The summed E-state index contributed by atoms with van der Waals surface area (Å²) in [6, 6.07) is 0. The Morgan fingerprint density at radius 1 is 0.970 bits per heavy atom. The summed E-state index contributed by atoms with van der Waals surface area (Å²) in [5.41, 5.74) is 0.0529. The van der Waals surface area contributed by atoms with Crippen LogP contribution in [0.3, 0.4) is 0 Å². The summed E-state index contributed by atoms with van der Waals surface area (Å²) in [5.74, 6) is 0.943. The van der Waals surface area contributed by atoms with Crippen molar-refractivity contribution in [1.29, 1.82) is 0 Å². The molecule has 4 heterocycles. The van der Waals surface area contributed by atoms with Crippen LogP contribution in [-0.2, 0) is 18.9 Å². The molecule has 0 aromatic carbocycles. The van der Waals surface area contributed by atoms with Gasteiger partial charge < -0.3 is 29.2 Å². The van der Waals surface area contributed by atoms with Gasteiger partial charge >= 0.3 is 0 Å². The molecule has 1 aliphatic carbocycles. The molecule has 4 saturated heterocycles. The lowest BCUT2D eigenvalue weighted by molar-refractivity contribution is -0.319. The van der Waals surface area contributed by atoms with Crippen LogP contribution in [0.1, 0.15) is 66.7 Å². The largest absolute Gasteiger partial charge is 0.394 e. The van der Waals surface area contributed by atoms with Crippen LogP contribution >= 0.6 is 0 Å². The zero-order valence-electron chi connectivity index (χ0n) is 21.6. The van der Waals surface area contributed by atoms with Crippen LogP contribution in [0.15, 0.2) is 0 Å². The molecule has 6 nitrogen and oxygen atoms in total. The van der Waals surface area contributed by atoms with Gasteiger partial charge in [-0.1, -0.05) is 33.9 Å². The van der Waals surface area contributed by atoms with Crippen LogP contribution < -0.4 is 0 Å². The SMILES string of the molecule is C[C@H]1O[C@H]2C[C@H]3C4CCC5O[C@@H](CO)[C@H](O)C[C@]5(C)OC4[C@@H]3O[C@@H]2C[C@@H]1[Si](C)(C)C(C)(C)C. The Hall–Kier alpha value is -0.0231. The molecule has 7 heteroatoms. The number of rotatable bonds is 2. The van der Waals surface area contributed by atoms with E-state index in [1.807, 2.05) is 0 Å². The van der Waals surface area contributed by atoms with Gasteiger partial charge in [-0.05, 0) is 61.9 Å². The van der Waals surface area contributed by atoms with Crippen molar-refractivity contribution in [3.63, 3.8) is 0 Å². The van der Waals surface area contributed by atoms with Crippen LogP contribution in [0.25, 0.3) is 0 Å². The minimum Gasteiger partial charge on any atom is -0.394 e. The Labute approximate surface area is 200 Å². The normalized spacial score (nSPS) is 52.5. The maximum absolute atomic E-state index is 10.5. The van der Waals surface area contributed by atoms with Crippen molar-refractivity contribution < 1.29 is 29.2 Å². The third-order valence-corrected chi connectivity index (χ3v) is 17.1. The minimum absolute atomic E-state index is 0.0677. The van der Waals surface area contributed by atoms with Crippen molar-refractivity contribution in [2.24, 2.45) is 11.8 Å². The van der Waals surface area contributed by atoms with Crippen LogP contribution in [0, 0.1) is 11.8 Å². The Morgan fingerprint density at radius 3 is 2.33 bits per heavy atom. The van der Waals surface area contributed by atoms with E-state index in [0.717, 1.165) is 25.7 Å². The maximum Gasteiger partial charge on any atom is 0.107 e.